The summed E-state index contributed by atoms with van der Waals surface area (Å²) in [5.74, 6) is -0.911. The molecule has 0 saturated carbocycles. The van der Waals surface area contributed by atoms with E-state index in [2.05, 4.69) is 11.7 Å². The lowest BCUT2D eigenvalue weighted by Gasteiger charge is -2.03. The summed E-state index contributed by atoms with van der Waals surface area (Å²) in [7, 11) is 0. The molecule has 0 saturated heterocycles. The molecule has 1 heterocycles. The van der Waals surface area contributed by atoms with Gasteiger partial charge in [-0.2, -0.15) is 5.10 Å². The smallest absolute Gasteiger partial charge is 0.339 e. The first-order valence-corrected chi connectivity index (χ1v) is 4.85. The molecule has 0 aromatic carbocycles. The van der Waals surface area contributed by atoms with Crippen molar-refractivity contribution in [2.75, 3.05) is 0 Å². The zero-order valence-corrected chi connectivity index (χ0v) is 9.37. The lowest BCUT2D eigenvalue weighted by atomic mass is 10.2. The standard InChI is InChI=1S/C11H16N2O2/c1-7(2)5-6-13-9(4)10(11(14)15)8(3)12-13/h1,5-6H2,2-4H3,(H,14,15). The van der Waals surface area contributed by atoms with E-state index in [1.165, 1.54) is 0 Å². The van der Waals surface area contributed by atoms with Crippen molar-refractivity contribution in [3.8, 4) is 0 Å². The Hall–Kier alpha value is -1.58. The third-order valence-corrected chi connectivity index (χ3v) is 2.35. The maximum Gasteiger partial charge on any atom is 0.339 e. The Kier molecular flexibility index (Phi) is 3.29. The number of nitrogens with zero attached hydrogens (tertiary/aromatic N) is 2. The van der Waals surface area contributed by atoms with E-state index >= 15 is 0 Å². The van der Waals surface area contributed by atoms with E-state index in [9.17, 15) is 4.79 Å². The van der Waals surface area contributed by atoms with Crippen LogP contribution in [-0.2, 0) is 6.54 Å². The summed E-state index contributed by atoms with van der Waals surface area (Å²) in [6.45, 7) is 9.94. The van der Waals surface area contributed by atoms with Crippen molar-refractivity contribution in [3.05, 3.63) is 29.1 Å². The average Bonchev–Trinajstić information content (AvgIpc) is 2.37. The van der Waals surface area contributed by atoms with Crippen molar-refractivity contribution in [1.82, 2.24) is 9.78 Å². The topological polar surface area (TPSA) is 55.1 Å². The maximum absolute atomic E-state index is 10.9. The number of rotatable bonds is 4. The molecule has 1 aromatic heterocycles. The lowest BCUT2D eigenvalue weighted by molar-refractivity contribution is 0.0695. The van der Waals surface area contributed by atoms with Crippen molar-refractivity contribution in [3.63, 3.8) is 0 Å². The second kappa shape index (κ2) is 4.29. The minimum absolute atomic E-state index is 0.316. The molecule has 4 nitrogen and oxygen atoms in total. The Labute approximate surface area is 89.2 Å². The van der Waals surface area contributed by atoms with Gasteiger partial charge in [-0.25, -0.2) is 4.79 Å². The Morgan fingerprint density at radius 3 is 2.53 bits per heavy atom. The number of allylic oxidation sites excluding steroid dienone is 1. The molecule has 82 valence electrons. The molecule has 0 unspecified atom stereocenters. The molecule has 1 rings (SSSR count). The van der Waals surface area contributed by atoms with E-state index < -0.39 is 5.97 Å². The Morgan fingerprint density at radius 2 is 2.13 bits per heavy atom. The second-order valence-corrected chi connectivity index (χ2v) is 3.78. The third kappa shape index (κ3) is 2.46. The van der Waals surface area contributed by atoms with Gasteiger partial charge in [0.05, 0.1) is 11.4 Å². The number of aryl methyl sites for hydroxylation is 2. The molecule has 0 atom stereocenters. The second-order valence-electron chi connectivity index (χ2n) is 3.78. The summed E-state index contributed by atoms with van der Waals surface area (Å²) in [5.41, 5.74) is 2.67. The van der Waals surface area contributed by atoms with E-state index in [4.69, 9.17) is 5.11 Å². The van der Waals surface area contributed by atoms with Gasteiger partial charge in [0, 0.05) is 6.54 Å². The SMILES string of the molecule is C=C(C)CCn1nc(C)c(C(=O)O)c1C. The molecular weight excluding hydrogens is 192 g/mol. The van der Waals surface area contributed by atoms with Crippen LogP contribution in [0.1, 0.15) is 35.1 Å². The number of carboxylic acid groups (broad SMARTS) is 1. The molecule has 0 radical (unpaired) electrons. The molecule has 4 heteroatoms. The minimum Gasteiger partial charge on any atom is -0.478 e. The fraction of sp³-hybridized carbons (Fsp3) is 0.455. The van der Waals surface area contributed by atoms with Gasteiger partial charge in [-0.05, 0) is 27.2 Å². The number of carboxylic acids is 1. The van der Waals surface area contributed by atoms with E-state index in [1.807, 2.05) is 6.92 Å². The number of carbonyl (C=O) groups is 1. The quantitative estimate of drug-likeness (QED) is 0.771. The van der Waals surface area contributed by atoms with Crippen molar-refractivity contribution in [1.29, 1.82) is 0 Å². The first-order valence-electron chi connectivity index (χ1n) is 4.85. The molecule has 0 aliphatic rings. The normalized spacial score (nSPS) is 10.3. The highest BCUT2D eigenvalue weighted by molar-refractivity contribution is 5.90. The van der Waals surface area contributed by atoms with Crippen LogP contribution in [0.25, 0.3) is 0 Å². The summed E-state index contributed by atoms with van der Waals surface area (Å²) in [6, 6.07) is 0. The minimum atomic E-state index is -0.911. The Balaban J connectivity index is 2.96. The van der Waals surface area contributed by atoms with Crippen LogP contribution >= 0.6 is 0 Å². The highest BCUT2D eigenvalue weighted by Gasteiger charge is 2.16. The molecular formula is C11H16N2O2. The molecule has 0 aliphatic heterocycles. The van der Waals surface area contributed by atoms with E-state index in [-0.39, 0.29) is 0 Å². The molecule has 0 aliphatic carbocycles. The predicted octanol–water partition coefficient (Wildman–Crippen LogP) is 2.16. The summed E-state index contributed by atoms with van der Waals surface area (Å²) >= 11 is 0. The molecule has 0 fully saturated rings. The van der Waals surface area contributed by atoms with Crippen molar-refractivity contribution >= 4 is 5.97 Å². The number of aromatic nitrogens is 2. The van der Waals surface area contributed by atoms with Crippen LogP contribution in [0.5, 0.6) is 0 Å². The van der Waals surface area contributed by atoms with Gasteiger partial charge in [-0.1, -0.05) is 5.57 Å². The summed E-state index contributed by atoms with van der Waals surface area (Å²) < 4.78 is 1.73. The maximum atomic E-state index is 10.9. The Bertz CT molecular complexity index is 405. The van der Waals surface area contributed by atoms with Gasteiger partial charge < -0.3 is 5.11 Å². The summed E-state index contributed by atoms with van der Waals surface area (Å²) in [5, 5.41) is 13.2. The van der Waals surface area contributed by atoms with Crippen molar-refractivity contribution in [2.45, 2.75) is 33.7 Å². The molecule has 1 aromatic rings. The van der Waals surface area contributed by atoms with Gasteiger partial charge in [-0.15, -0.1) is 6.58 Å². The predicted molar refractivity (Wildman–Crippen MR) is 58.1 cm³/mol. The number of hydrogen-bond acceptors (Lipinski definition) is 2. The van der Waals surface area contributed by atoms with Gasteiger partial charge in [0.15, 0.2) is 0 Å². The molecule has 1 N–H and O–H groups in total. The van der Waals surface area contributed by atoms with Gasteiger partial charge in [0.25, 0.3) is 0 Å². The average molecular weight is 208 g/mol. The van der Waals surface area contributed by atoms with Crippen molar-refractivity contribution in [2.24, 2.45) is 0 Å². The van der Waals surface area contributed by atoms with Crippen LogP contribution in [0.15, 0.2) is 12.2 Å². The van der Waals surface area contributed by atoms with Gasteiger partial charge >= 0.3 is 5.97 Å². The fourth-order valence-electron chi connectivity index (χ4n) is 1.52. The molecule has 0 amide bonds. The van der Waals surface area contributed by atoms with Gasteiger partial charge in [-0.3, -0.25) is 4.68 Å². The van der Waals surface area contributed by atoms with Gasteiger partial charge in [0.1, 0.15) is 5.56 Å². The van der Waals surface area contributed by atoms with Crippen molar-refractivity contribution < 1.29 is 9.90 Å². The number of aromatic carboxylic acids is 1. The van der Waals surface area contributed by atoms with E-state index in [0.29, 0.717) is 23.5 Å². The third-order valence-electron chi connectivity index (χ3n) is 2.35. The highest BCUT2D eigenvalue weighted by atomic mass is 16.4. The lowest BCUT2D eigenvalue weighted by Crippen LogP contribution is -2.05. The number of hydrogen-bond donors (Lipinski definition) is 1. The molecule has 0 spiro atoms. The van der Waals surface area contributed by atoms with Crippen LogP contribution in [0.2, 0.25) is 0 Å². The van der Waals surface area contributed by atoms with Crippen LogP contribution in [0.4, 0.5) is 0 Å². The zero-order valence-electron chi connectivity index (χ0n) is 9.37. The zero-order chi connectivity index (χ0) is 11.6. The summed E-state index contributed by atoms with van der Waals surface area (Å²) in [6.07, 6.45) is 0.820. The monoisotopic (exact) mass is 208 g/mol. The van der Waals surface area contributed by atoms with Crippen LogP contribution < -0.4 is 0 Å². The van der Waals surface area contributed by atoms with E-state index in [0.717, 1.165) is 12.0 Å². The molecule has 0 bridgehead atoms. The fourth-order valence-corrected chi connectivity index (χ4v) is 1.52. The van der Waals surface area contributed by atoms with Gasteiger partial charge in [0.2, 0.25) is 0 Å². The summed E-state index contributed by atoms with van der Waals surface area (Å²) in [4.78, 5) is 10.9. The highest BCUT2D eigenvalue weighted by Crippen LogP contribution is 2.13. The molecule has 15 heavy (non-hydrogen) atoms. The van der Waals surface area contributed by atoms with E-state index in [1.54, 1.807) is 18.5 Å². The first kappa shape index (κ1) is 11.5. The van der Waals surface area contributed by atoms with Crippen LogP contribution in [0, 0.1) is 13.8 Å². The van der Waals surface area contributed by atoms with Crippen LogP contribution in [0.3, 0.4) is 0 Å². The Morgan fingerprint density at radius 1 is 1.53 bits per heavy atom. The van der Waals surface area contributed by atoms with Crippen LogP contribution in [-0.4, -0.2) is 20.9 Å². The first-order chi connectivity index (χ1) is 6.93. The largest absolute Gasteiger partial charge is 0.478 e.